The largest absolute Gasteiger partial charge is 0.348 e. The van der Waals surface area contributed by atoms with E-state index in [9.17, 15) is 8.78 Å². The van der Waals surface area contributed by atoms with E-state index < -0.39 is 17.4 Å². The van der Waals surface area contributed by atoms with Gasteiger partial charge in [0.2, 0.25) is 0 Å². The Labute approximate surface area is 218 Å². The number of hydrogen-bond acceptors (Lipinski definition) is 5. The molecule has 38 heavy (non-hydrogen) atoms. The summed E-state index contributed by atoms with van der Waals surface area (Å²) in [6.45, 7) is 4.30. The molecule has 0 radical (unpaired) electrons. The van der Waals surface area contributed by atoms with Gasteiger partial charge in [0.25, 0.3) is 0 Å². The minimum Gasteiger partial charge on any atom is -0.348 e. The van der Waals surface area contributed by atoms with E-state index in [1.165, 1.54) is 12.1 Å². The van der Waals surface area contributed by atoms with Crippen molar-refractivity contribution in [1.82, 2.24) is 24.1 Å². The Balaban J connectivity index is 1.39. The van der Waals surface area contributed by atoms with Crippen LogP contribution in [-0.4, -0.2) is 42.6 Å². The summed E-state index contributed by atoms with van der Waals surface area (Å²) >= 11 is 0. The predicted molar refractivity (Wildman–Crippen MR) is 139 cm³/mol. The molecule has 1 aromatic carbocycles. The summed E-state index contributed by atoms with van der Waals surface area (Å²) in [4.78, 5) is 9.37. The lowest BCUT2D eigenvalue weighted by molar-refractivity contribution is -0.138. The Morgan fingerprint density at radius 3 is 2.63 bits per heavy atom. The maximum absolute atomic E-state index is 14.8. The second-order valence-corrected chi connectivity index (χ2v) is 10.0. The first-order valence-electron chi connectivity index (χ1n) is 12.5. The molecule has 0 N–H and O–H groups in total. The average molecular weight is 516 g/mol. The Bertz CT molecular complexity index is 1640. The number of pyridine rings is 2. The highest BCUT2D eigenvalue weighted by Gasteiger charge is 2.32. The number of benzene rings is 1. The molecule has 0 aliphatic carbocycles. The quantitative estimate of drug-likeness (QED) is 0.285. The van der Waals surface area contributed by atoms with E-state index in [-0.39, 0.29) is 11.7 Å². The van der Waals surface area contributed by atoms with E-state index in [2.05, 4.69) is 10.1 Å². The Kier molecular flexibility index (Phi) is 6.04. The molecule has 1 unspecified atom stereocenters. The molecule has 0 amide bonds. The van der Waals surface area contributed by atoms with Crippen LogP contribution in [0.25, 0.3) is 39.3 Å². The van der Waals surface area contributed by atoms with Gasteiger partial charge in [-0.2, -0.15) is 5.10 Å². The van der Waals surface area contributed by atoms with Gasteiger partial charge < -0.3 is 9.47 Å². The van der Waals surface area contributed by atoms with Crippen molar-refractivity contribution in [1.29, 1.82) is 0 Å². The highest BCUT2D eigenvalue weighted by atomic mass is 19.1. The first-order valence-corrected chi connectivity index (χ1v) is 12.5. The van der Waals surface area contributed by atoms with E-state index in [1.807, 2.05) is 68.2 Å². The smallest absolute Gasteiger partial charge is 0.163 e. The highest BCUT2D eigenvalue weighted by Crippen LogP contribution is 2.31. The van der Waals surface area contributed by atoms with Crippen molar-refractivity contribution in [2.24, 2.45) is 7.05 Å². The van der Waals surface area contributed by atoms with Crippen LogP contribution in [0.4, 0.5) is 8.78 Å². The van der Waals surface area contributed by atoms with Gasteiger partial charge in [-0.15, -0.1) is 0 Å². The van der Waals surface area contributed by atoms with Crippen LogP contribution < -0.4 is 0 Å². The van der Waals surface area contributed by atoms with Crippen LogP contribution >= 0.6 is 0 Å². The van der Waals surface area contributed by atoms with Gasteiger partial charge in [-0.05, 0) is 68.7 Å². The summed E-state index contributed by atoms with van der Waals surface area (Å²) in [6, 6.07) is 11.4. The molecular formula is C29H27F2N5O2. The van der Waals surface area contributed by atoms with Gasteiger partial charge in [0.15, 0.2) is 5.79 Å². The molecule has 6 rings (SSSR count). The standard InChI is InChI=1S/C29H27F2N5O2/c1-29(2)37-17-23(38-29)6-5-22-10-19(11-26(34-22)24-7-4-21(30)13-25(24)31)27-15-32-28-12-18(8-9-36(27)28)20-14-33-35(3)16-20/h4,7-16,23H,5-6,17H2,1-3H3. The molecule has 5 heterocycles. The number of hydrogen-bond donors (Lipinski definition) is 0. The van der Waals surface area contributed by atoms with Crippen molar-refractivity contribution < 1.29 is 18.3 Å². The molecule has 1 aliphatic heterocycles. The monoisotopic (exact) mass is 515 g/mol. The minimum absolute atomic E-state index is 0.0526. The molecule has 4 aromatic heterocycles. The maximum atomic E-state index is 14.8. The fourth-order valence-corrected chi connectivity index (χ4v) is 4.86. The summed E-state index contributed by atoms with van der Waals surface area (Å²) in [5.74, 6) is -1.89. The number of fused-ring (bicyclic) bond motifs is 1. The first-order chi connectivity index (χ1) is 18.2. The van der Waals surface area contributed by atoms with Crippen LogP contribution in [0.5, 0.6) is 0 Å². The summed E-state index contributed by atoms with van der Waals surface area (Å²) in [5, 5.41) is 4.25. The second-order valence-electron chi connectivity index (χ2n) is 10.0. The Hall–Kier alpha value is -3.95. The molecule has 7 nitrogen and oxygen atoms in total. The van der Waals surface area contributed by atoms with Crippen LogP contribution in [-0.2, 0) is 22.9 Å². The summed E-state index contributed by atoms with van der Waals surface area (Å²) in [5.41, 5.74) is 5.90. The topological polar surface area (TPSA) is 66.5 Å². The third-order valence-corrected chi connectivity index (χ3v) is 6.72. The normalized spacial score (nSPS) is 16.9. The van der Waals surface area contributed by atoms with E-state index in [0.717, 1.165) is 39.8 Å². The number of aryl methyl sites for hydroxylation is 2. The SMILES string of the molecule is Cn1cc(-c2ccn3c(-c4cc(CCC5COC(C)(C)O5)nc(-c5ccc(F)cc5F)c4)cnc3c2)cn1. The van der Waals surface area contributed by atoms with Crippen molar-refractivity contribution in [3.8, 4) is 33.6 Å². The fourth-order valence-electron chi connectivity index (χ4n) is 4.86. The molecule has 5 aromatic rings. The number of nitrogens with zero attached hydrogens (tertiary/aromatic N) is 5. The lowest BCUT2D eigenvalue weighted by atomic mass is 10.0. The molecule has 1 saturated heterocycles. The predicted octanol–water partition coefficient (Wildman–Crippen LogP) is 5.83. The van der Waals surface area contributed by atoms with Crippen LogP contribution in [0.15, 0.2) is 67.3 Å². The lowest BCUT2D eigenvalue weighted by Crippen LogP contribution is -2.21. The van der Waals surface area contributed by atoms with Crippen LogP contribution in [0.2, 0.25) is 0 Å². The molecule has 194 valence electrons. The molecule has 0 spiro atoms. The fraction of sp³-hybridized carbons (Fsp3) is 0.276. The van der Waals surface area contributed by atoms with Gasteiger partial charge in [-0.1, -0.05) is 0 Å². The zero-order valence-corrected chi connectivity index (χ0v) is 21.4. The minimum atomic E-state index is -0.658. The molecule has 1 aliphatic rings. The molecule has 1 fully saturated rings. The average Bonchev–Trinajstić information content (AvgIpc) is 3.60. The number of halogens is 2. The van der Waals surface area contributed by atoms with Gasteiger partial charge in [-0.25, -0.2) is 13.8 Å². The second kappa shape index (κ2) is 9.41. The van der Waals surface area contributed by atoms with E-state index in [1.54, 1.807) is 10.9 Å². The first kappa shape index (κ1) is 24.4. The zero-order chi connectivity index (χ0) is 26.4. The third-order valence-electron chi connectivity index (χ3n) is 6.72. The van der Waals surface area contributed by atoms with Gasteiger partial charge in [0.05, 0.1) is 36.5 Å². The van der Waals surface area contributed by atoms with Crippen LogP contribution in [0.1, 0.15) is 26.0 Å². The molecular weight excluding hydrogens is 488 g/mol. The Morgan fingerprint density at radius 1 is 1.03 bits per heavy atom. The highest BCUT2D eigenvalue weighted by molar-refractivity contribution is 5.73. The molecule has 1 atom stereocenters. The number of ether oxygens (including phenoxy) is 2. The van der Waals surface area contributed by atoms with Gasteiger partial charge in [0.1, 0.15) is 17.3 Å². The molecule has 9 heteroatoms. The van der Waals surface area contributed by atoms with Crippen molar-refractivity contribution >= 4 is 5.65 Å². The van der Waals surface area contributed by atoms with Gasteiger partial charge in [0, 0.05) is 47.9 Å². The van der Waals surface area contributed by atoms with Crippen LogP contribution in [0.3, 0.4) is 0 Å². The summed E-state index contributed by atoms with van der Waals surface area (Å²) < 4.78 is 43.8. The van der Waals surface area contributed by atoms with Crippen LogP contribution in [0, 0.1) is 11.6 Å². The number of aromatic nitrogens is 5. The van der Waals surface area contributed by atoms with E-state index >= 15 is 0 Å². The third kappa shape index (κ3) is 4.82. The van der Waals surface area contributed by atoms with Gasteiger partial charge in [-0.3, -0.25) is 14.1 Å². The zero-order valence-electron chi connectivity index (χ0n) is 21.4. The van der Waals surface area contributed by atoms with Gasteiger partial charge >= 0.3 is 0 Å². The summed E-state index contributed by atoms with van der Waals surface area (Å²) in [7, 11) is 1.88. The lowest BCUT2D eigenvalue weighted by Gasteiger charge is -2.17. The van der Waals surface area contributed by atoms with Crippen molar-refractivity contribution in [3.05, 3.63) is 84.6 Å². The maximum Gasteiger partial charge on any atom is 0.163 e. The summed E-state index contributed by atoms with van der Waals surface area (Å²) in [6.07, 6.45) is 8.78. The van der Waals surface area contributed by atoms with E-state index in [4.69, 9.17) is 14.5 Å². The van der Waals surface area contributed by atoms with Crippen molar-refractivity contribution in [3.63, 3.8) is 0 Å². The molecule has 0 bridgehead atoms. The number of imidazole rings is 1. The van der Waals surface area contributed by atoms with E-state index in [0.29, 0.717) is 25.1 Å². The van der Waals surface area contributed by atoms with Crippen molar-refractivity contribution in [2.45, 2.75) is 38.6 Å². The number of rotatable bonds is 6. The Morgan fingerprint density at radius 2 is 1.89 bits per heavy atom. The van der Waals surface area contributed by atoms with Crippen molar-refractivity contribution in [2.75, 3.05) is 6.61 Å². The molecule has 0 saturated carbocycles.